The fraction of sp³-hybridized carbons (Fsp3) is 0.100. The van der Waals surface area contributed by atoms with Gasteiger partial charge in [-0.3, -0.25) is 4.98 Å². The number of H-pyrrole nitrogens is 1. The summed E-state index contributed by atoms with van der Waals surface area (Å²) < 4.78 is 6.65. The molecule has 0 aliphatic rings. The molecule has 0 atom stereocenters. The van der Waals surface area contributed by atoms with Crippen molar-refractivity contribution in [2.45, 2.75) is 13.6 Å². The minimum Gasteiger partial charge on any atom is -0.408 e. The van der Waals surface area contributed by atoms with Crippen molar-refractivity contribution in [2.24, 2.45) is 0 Å². The Morgan fingerprint density at radius 1 is 1.37 bits per heavy atom. The van der Waals surface area contributed by atoms with Crippen molar-refractivity contribution in [1.29, 1.82) is 0 Å². The third-order valence-electron chi connectivity index (χ3n) is 2.31. The number of hydrogen-bond donors (Lipinski definition) is 2. The number of nitrogen functional groups attached to an aromatic ring is 1. The van der Waals surface area contributed by atoms with Crippen LogP contribution in [0.15, 0.2) is 34.9 Å². The summed E-state index contributed by atoms with van der Waals surface area (Å²) in [6, 6.07) is 3.41. The number of oxazole rings is 1. The standard InChI is InChI=1S/C10H8N4O2S3/c1-17-9-13-14-10(19-9)18-7-3-5-6(2-4(7)11)16-8(15)12-5/h2-3H,11H2,1H3,(H,12,15). The normalized spacial score (nSPS) is 11.2. The van der Waals surface area contributed by atoms with Crippen molar-refractivity contribution in [2.75, 3.05) is 12.0 Å². The van der Waals surface area contributed by atoms with E-state index in [1.165, 1.54) is 23.1 Å². The first-order valence-electron chi connectivity index (χ1n) is 5.13. The van der Waals surface area contributed by atoms with Crippen LogP contribution in [0.4, 0.5) is 5.69 Å². The molecule has 2 aromatic heterocycles. The predicted molar refractivity (Wildman–Crippen MR) is 77.1 cm³/mol. The van der Waals surface area contributed by atoms with Gasteiger partial charge < -0.3 is 10.2 Å². The Kier molecular flexibility index (Phi) is 3.25. The number of anilines is 1. The molecule has 9 heteroatoms. The lowest BCUT2D eigenvalue weighted by Gasteiger charge is -2.01. The topological polar surface area (TPSA) is 97.8 Å². The van der Waals surface area contributed by atoms with E-state index in [2.05, 4.69) is 15.2 Å². The number of nitrogens with one attached hydrogen (secondary N) is 1. The number of nitrogens with zero attached hydrogens (tertiary/aromatic N) is 2. The van der Waals surface area contributed by atoms with Crippen LogP contribution in [0.3, 0.4) is 0 Å². The van der Waals surface area contributed by atoms with Gasteiger partial charge >= 0.3 is 5.76 Å². The van der Waals surface area contributed by atoms with Gasteiger partial charge in [-0.25, -0.2) is 4.79 Å². The van der Waals surface area contributed by atoms with Crippen LogP contribution >= 0.6 is 34.9 Å². The van der Waals surface area contributed by atoms with E-state index in [1.807, 2.05) is 6.26 Å². The lowest BCUT2D eigenvalue weighted by atomic mass is 10.3. The van der Waals surface area contributed by atoms with Gasteiger partial charge in [0.25, 0.3) is 0 Å². The van der Waals surface area contributed by atoms with Crippen LogP contribution in [-0.4, -0.2) is 21.4 Å². The Morgan fingerprint density at radius 3 is 2.89 bits per heavy atom. The number of hydrogen-bond acceptors (Lipinski definition) is 8. The number of rotatable bonds is 3. The number of aromatic amines is 1. The predicted octanol–water partition coefficient (Wildman–Crippen LogP) is 2.43. The van der Waals surface area contributed by atoms with E-state index >= 15 is 0 Å². The van der Waals surface area contributed by atoms with Crippen molar-refractivity contribution in [3.8, 4) is 0 Å². The van der Waals surface area contributed by atoms with Crippen molar-refractivity contribution >= 4 is 51.6 Å². The van der Waals surface area contributed by atoms with Crippen LogP contribution in [0.25, 0.3) is 11.1 Å². The first kappa shape index (κ1) is 12.6. The highest BCUT2D eigenvalue weighted by molar-refractivity contribution is 8.03. The summed E-state index contributed by atoms with van der Waals surface area (Å²) in [5, 5.41) is 8.09. The Labute approximate surface area is 119 Å². The zero-order valence-corrected chi connectivity index (χ0v) is 12.1. The van der Waals surface area contributed by atoms with Gasteiger partial charge in [0.05, 0.1) is 5.52 Å². The maximum Gasteiger partial charge on any atom is 0.417 e. The molecule has 0 unspecified atom stereocenters. The average Bonchev–Trinajstić information content (AvgIpc) is 2.95. The molecular formula is C10H8N4O2S3. The molecule has 6 nitrogen and oxygen atoms in total. The lowest BCUT2D eigenvalue weighted by Crippen LogP contribution is -1.93. The maximum absolute atomic E-state index is 11.1. The van der Waals surface area contributed by atoms with Gasteiger partial charge in [0.15, 0.2) is 14.3 Å². The molecule has 0 amide bonds. The van der Waals surface area contributed by atoms with Crippen LogP contribution < -0.4 is 11.5 Å². The SMILES string of the molecule is CSc1nnc(Sc2cc3[nH]c(=O)oc3cc2N)s1. The van der Waals surface area contributed by atoms with Gasteiger partial charge in [-0.2, -0.15) is 0 Å². The Hall–Kier alpha value is -1.45. The number of thioether (sulfide) groups is 1. The van der Waals surface area contributed by atoms with Crippen molar-refractivity contribution in [1.82, 2.24) is 15.2 Å². The maximum atomic E-state index is 11.1. The molecule has 0 radical (unpaired) electrons. The van der Waals surface area contributed by atoms with Gasteiger partial charge in [0.2, 0.25) is 0 Å². The van der Waals surface area contributed by atoms with E-state index in [9.17, 15) is 4.79 Å². The summed E-state index contributed by atoms with van der Waals surface area (Å²) in [7, 11) is 0. The first-order chi connectivity index (χ1) is 9.15. The highest BCUT2D eigenvalue weighted by atomic mass is 32.2. The number of benzene rings is 1. The zero-order valence-electron chi connectivity index (χ0n) is 9.67. The molecule has 0 aliphatic carbocycles. The summed E-state index contributed by atoms with van der Waals surface area (Å²) >= 11 is 4.47. The second-order valence-corrected chi connectivity index (χ2v) is 6.86. The highest BCUT2D eigenvalue weighted by Gasteiger charge is 2.11. The van der Waals surface area contributed by atoms with Gasteiger partial charge in [0.1, 0.15) is 0 Å². The second kappa shape index (κ2) is 4.91. The van der Waals surface area contributed by atoms with E-state index in [-0.39, 0.29) is 0 Å². The van der Waals surface area contributed by atoms with Crippen LogP contribution in [0.2, 0.25) is 0 Å². The molecule has 0 saturated carbocycles. The minimum atomic E-state index is -0.489. The molecule has 3 aromatic rings. The smallest absolute Gasteiger partial charge is 0.408 e. The monoisotopic (exact) mass is 312 g/mol. The van der Waals surface area contributed by atoms with Gasteiger partial charge in [-0.1, -0.05) is 34.9 Å². The molecule has 2 heterocycles. The Bertz CT molecular complexity index is 792. The molecule has 0 spiro atoms. The fourth-order valence-corrected chi connectivity index (χ4v) is 3.96. The van der Waals surface area contributed by atoms with Crippen LogP contribution in [0.5, 0.6) is 0 Å². The van der Waals surface area contributed by atoms with E-state index in [0.29, 0.717) is 16.8 Å². The van der Waals surface area contributed by atoms with Crippen molar-refractivity contribution in [3.63, 3.8) is 0 Å². The number of nitrogens with two attached hydrogens (primary N) is 1. The third-order valence-corrected chi connectivity index (χ3v) is 5.33. The molecule has 0 bridgehead atoms. The largest absolute Gasteiger partial charge is 0.417 e. The van der Waals surface area contributed by atoms with Crippen LogP contribution in [0.1, 0.15) is 0 Å². The van der Waals surface area contributed by atoms with Gasteiger partial charge in [0, 0.05) is 16.6 Å². The van der Waals surface area contributed by atoms with Gasteiger partial charge in [-0.15, -0.1) is 10.2 Å². The molecule has 0 fully saturated rings. The number of fused-ring (bicyclic) bond motifs is 1. The number of aromatic nitrogens is 3. The molecule has 0 aliphatic heterocycles. The fourth-order valence-electron chi connectivity index (χ4n) is 1.50. The van der Waals surface area contributed by atoms with E-state index < -0.39 is 5.76 Å². The molecule has 1 aromatic carbocycles. The summed E-state index contributed by atoms with van der Waals surface area (Å²) in [6.07, 6.45) is 1.95. The summed E-state index contributed by atoms with van der Waals surface area (Å²) in [4.78, 5) is 14.5. The van der Waals surface area contributed by atoms with Gasteiger partial charge in [-0.05, 0) is 12.3 Å². The molecule has 98 valence electrons. The van der Waals surface area contributed by atoms with E-state index in [4.69, 9.17) is 10.2 Å². The minimum absolute atomic E-state index is 0.453. The van der Waals surface area contributed by atoms with E-state index in [1.54, 1.807) is 23.9 Å². The van der Waals surface area contributed by atoms with Crippen LogP contribution in [-0.2, 0) is 0 Å². The average molecular weight is 312 g/mol. The third kappa shape index (κ3) is 2.48. The molecule has 19 heavy (non-hydrogen) atoms. The molecule has 0 saturated heterocycles. The summed E-state index contributed by atoms with van der Waals surface area (Å²) in [5.74, 6) is -0.489. The quantitative estimate of drug-likeness (QED) is 0.566. The second-order valence-electron chi connectivity index (χ2n) is 3.54. The Morgan fingerprint density at radius 2 is 2.16 bits per heavy atom. The molecule has 3 rings (SSSR count). The Balaban J connectivity index is 1.99. The molecule has 3 N–H and O–H groups in total. The van der Waals surface area contributed by atoms with Crippen molar-refractivity contribution in [3.05, 3.63) is 22.7 Å². The zero-order chi connectivity index (χ0) is 13.4. The first-order valence-corrected chi connectivity index (χ1v) is 7.99. The highest BCUT2D eigenvalue weighted by Crippen LogP contribution is 2.37. The summed E-state index contributed by atoms with van der Waals surface area (Å²) in [6.45, 7) is 0. The van der Waals surface area contributed by atoms with Crippen LogP contribution in [0, 0.1) is 0 Å². The lowest BCUT2D eigenvalue weighted by molar-refractivity contribution is 0.555. The van der Waals surface area contributed by atoms with Crippen molar-refractivity contribution < 1.29 is 4.42 Å². The molecular weight excluding hydrogens is 304 g/mol. The summed E-state index contributed by atoms with van der Waals surface area (Å²) in [5.41, 5.74) is 7.55. The van der Waals surface area contributed by atoms with E-state index in [0.717, 1.165) is 13.6 Å².